The van der Waals surface area contributed by atoms with Crippen LogP contribution < -0.4 is 10.6 Å². The molecule has 0 fully saturated rings. The van der Waals surface area contributed by atoms with Crippen molar-refractivity contribution in [2.75, 3.05) is 6.54 Å². The molecule has 0 radical (unpaired) electrons. The molecule has 0 saturated heterocycles. The van der Waals surface area contributed by atoms with E-state index >= 15 is 0 Å². The van der Waals surface area contributed by atoms with Crippen molar-refractivity contribution < 1.29 is 19.2 Å². The zero-order chi connectivity index (χ0) is 19.6. The van der Waals surface area contributed by atoms with E-state index in [-0.39, 0.29) is 24.2 Å². The average Bonchev–Trinajstić information content (AvgIpc) is 2.49. The third kappa shape index (κ3) is 10.6. The van der Waals surface area contributed by atoms with Crippen molar-refractivity contribution in [1.82, 2.24) is 15.7 Å². The zero-order valence-electron chi connectivity index (χ0n) is 16.3. The lowest BCUT2D eigenvalue weighted by atomic mass is 10.0. The van der Waals surface area contributed by atoms with Gasteiger partial charge in [-0.05, 0) is 33.1 Å². The molecule has 2 N–H and O–H groups in total. The average molecular weight is 355 g/mol. The van der Waals surface area contributed by atoms with Crippen LogP contribution in [0.1, 0.15) is 60.8 Å². The van der Waals surface area contributed by atoms with Gasteiger partial charge in [-0.15, -0.1) is 5.06 Å². The van der Waals surface area contributed by atoms with E-state index in [9.17, 15) is 14.4 Å². The first kappa shape index (κ1) is 23.1. The van der Waals surface area contributed by atoms with E-state index in [1.807, 2.05) is 6.92 Å². The standard InChI is InChI=1S/C18H33N3O4/c1-12(2)9-8-10-14(5)19-11-17(23)20-15(6)18(24)25-21(13(3)4)16(7)22/h12,14-15,19H,3,8-11H2,1-2,4-7H3,(H,20,23). The van der Waals surface area contributed by atoms with Crippen LogP contribution >= 0.6 is 0 Å². The van der Waals surface area contributed by atoms with Gasteiger partial charge in [0.1, 0.15) is 6.04 Å². The fourth-order valence-electron chi connectivity index (χ4n) is 2.13. The molecule has 0 aliphatic rings. The number of hydroxylamine groups is 2. The van der Waals surface area contributed by atoms with Gasteiger partial charge >= 0.3 is 5.97 Å². The van der Waals surface area contributed by atoms with Crippen LogP contribution in [-0.4, -0.2) is 41.5 Å². The second-order valence-electron chi connectivity index (χ2n) is 6.85. The van der Waals surface area contributed by atoms with E-state index in [1.165, 1.54) is 13.8 Å². The number of allylic oxidation sites excluding steroid dienone is 1. The molecule has 7 nitrogen and oxygen atoms in total. The van der Waals surface area contributed by atoms with Crippen molar-refractivity contribution in [1.29, 1.82) is 0 Å². The molecule has 0 aromatic rings. The van der Waals surface area contributed by atoms with E-state index in [2.05, 4.69) is 31.1 Å². The molecule has 0 bridgehead atoms. The third-order valence-electron chi connectivity index (χ3n) is 3.57. The van der Waals surface area contributed by atoms with Crippen LogP contribution in [0.5, 0.6) is 0 Å². The molecule has 0 aliphatic carbocycles. The summed E-state index contributed by atoms with van der Waals surface area (Å²) in [6, 6.07) is -0.643. The van der Waals surface area contributed by atoms with Crippen LogP contribution in [0.15, 0.2) is 12.3 Å². The third-order valence-corrected chi connectivity index (χ3v) is 3.57. The van der Waals surface area contributed by atoms with Gasteiger partial charge in [0.2, 0.25) is 5.91 Å². The van der Waals surface area contributed by atoms with Crippen LogP contribution in [0.3, 0.4) is 0 Å². The molecule has 0 heterocycles. The summed E-state index contributed by atoms with van der Waals surface area (Å²) in [4.78, 5) is 40.2. The smallest absolute Gasteiger partial charge is 0.342 e. The van der Waals surface area contributed by atoms with Crippen molar-refractivity contribution >= 4 is 17.8 Å². The number of nitrogens with one attached hydrogen (secondary N) is 2. The topological polar surface area (TPSA) is 87.7 Å². The minimum absolute atomic E-state index is 0.122. The maximum Gasteiger partial charge on any atom is 0.354 e. The molecule has 2 unspecified atom stereocenters. The fraction of sp³-hybridized carbons (Fsp3) is 0.722. The summed E-state index contributed by atoms with van der Waals surface area (Å²) < 4.78 is 0. The van der Waals surface area contributed by atoms with Crippen LogP contribution in [0, 0.1) is 5.92 Å². The van der Waals surface area contributed by atoms with Gasteiger partial charge in [-0.1, -0.05) is 33.3 Å². The van der Waals surface area contributed by atoms with Crippen LogP contribution in [-0.2, 0) is 19.2 Å². The quantitative estimate of drug-likeness (QED) is 0.586. The number of carbonyl (C=O) groups is 3. The second-order valence-corrected chi connectivity index (χ2v) is 6.85. The Kier molecular flexibility index (Phi) is 10.7. The van der Waals surface area contributed by atoms with Crippen molar-refractivity contribution in [3.05, 3.63) is 12.3 Å². The molecule has 25 heavy (non-hydrogen) atoms. The molecule has 0 rings (SSSR count). The van der Waals surface area contributed by atoms with Gasteiger partial charge < -0.3 is 15.5 Å². The van der Waals surface area contributed by atoms with Gasteiger partial charge in [0.05, 0.1) is 12.2 Å². The van der Waals surface area contributed by atoms with Gasteiger partial charge in [-0.2, -0.15) is 0 Å². The maximum absolute atomic E-state index is 11.9. The highest BCUT2D eigenvalue weighted by Crippen LogP contribution is 2.08. The maximum atomic E-state index is 11.9. The summed E-state index contributed by atoms with van der Waals surface area (Å²) in [5, 5.41) is 6.49. The molecule has 0 spiro atoms. The van der Waals surface area contributed by atoms with Crippen LogP contribution in [0.2, 0.25) is 0 Å². The summed E-state index contributed by atoms with van der Waals surface area (Å²) in [7, 11) is 0. The SMILES string of the molecule is C=C(C)N(OC(=O)C(C)NC(=O)CNC(C)CCCC(C)C)C(C)=O. The minimum Gasteiger partial charge on any atom is -0.342 e. The Hall–Kier alpha value is -1.89. The minimum atomic E-state index is -0.869. The Balaban J connectivity index is 4.21. The van der Waals surface area contributed by atoms with Gasteiger partial charge in [0.25, 0.3) is 5.91 Å². The molecular formula is C18H33N3O4. The number of nitrogens with zero attached hydrogens (tertiary/aromatic N) is 1. The Bertz CT molecular complexity index is 463. The summed E-state index contributed by atoms with van der Waals surface area (Å²) >= 11 is 0. The van der Waals surface area contributed by atoms with E-state index < -0.39 is 17.9 Å². The van der Waals surface area contributed by atoms with E-state index in [0.717, 1.165) is 24.3 Å². The second kappa shape index (κ2) is 11.6. The normalized spacial score (nSPS) is 13.1. The molecule has 144 valence electrons. The summed E-state index contributed by atoms with van der Waals surface area (Å²) in [6.45, 7) is 14.4. The first-order valence-corrected chi connectivity index (χ1v) is 8.75. The van der Waals surface area contributed by atoms with Crippen molar-refractivity contribution in [3.63, 3.8) is 0 Å². The van der Waals surface area contributed by atoms with Crippen LogP contribution in [0.25, 0.3) is 0 Å². The number of rotatable bonds is 10. The number of hydrogen-bond acceptors (Lipinski definition) is 5. The first-order chi connectivity index (χ1) is 11.5. The molecule has 0 aliphatic heterocycles. The zero-order valence-corrected chi connectivity index (χ0v) is 16.3. The van der Waals surface area contributed by atoms with Gasteiger partial charge in [0.15, 0.2) is 0 Å². The van der Waals surface area contributed by atoms with Gasteiger partial charge in [-0.3, -0.25) is 9.59 Å². The Morgan fingerprint density at radius 1 is 1.08 bits per heavy atom. The predicted octanol–water partition coefficient (Wildman–Crippen LogP) is 2.14. The van der Waals surface area contributed by atoms with E-state index in [4.69, 9.17) is 4.84 Å². The molecule has 0 saturated carbocycles. The first-order valence-electron chi connectivity index (χ1n) is 8.75. The van der Waals surface area contributed by atoms with Crippen molar-refractivity contribution in [3.8, 4) is 0 Å². The lowest BCUT2D eigenvalue weighted by molar-refractivity contribution is -0.190. The monoisotopic (exact) mass is 355 g/mol. The highest BCUT2D eigenvalue weighted by atomic mass is 16.7. The molecule has 2 atom stereocenters. The van der Waals surface area contributed by atoms with Crippen molar-refractivity contribution in [2.24, 2.45) is 5.92 Å². The summed E-state index contributed by atoms with van der Waals surface area (Å²) in [6.07, 6.45) is 3.27. The Morgan fingerprint density at radius 2 is 1.68 bits per heavy atom. The number of carbonyl (C=O) groups excluding carboxylic acids is 3. The molecule has 0 aromatic carbocycles. The molecule has 0 aromatic heterocycles. The van der Waals surface area contributed by atoms with Gasteiger partial charge in [-0.25, -0.2) is 4.79 Å². The summed E-state index contributed by atoms with van der Waals surface area (Å²) in [5.41, 5.74) is 0.288. The molecule has 2 amide bonds. The Labute approximate surface area is 151 Å². The van der Waals surface area contributed by atoms with Crippen LogP contribution in [0.4, 0.5) is 0 Å². The lowest BCUT2D eigenvalue weighted by Crippen LogP contribution is -2.46. The molecule has 7 heteroatoms. The van der Waals surface area contributed by atoms with E-state index in [1.54, 1.807) is 6.92 Å². The predicted molar refractivity (Wildman–Crippen MR) is 97.2 cm³/mol. The van der Waals surface area contributed by atoms with Gasteiger partial charge in [0, 0.05) is 13.0 Å². The van der Waals surface area contributed by atoms with Crippen molar-refractivity contribution in [2.45, 2.75) is 72.9 Å². The molecular weight excluding hydrogens is 322 g/mol. The fourth-order valence-corrected chi connectivity index (χ4v) is 2.13. The number of amides is 2. The number of hydrogen-bond donors (Lipinski definition) is 2. The lowest BCUT2D eigenvalue weighted by Gasteiger charge is -2.22. The largest absolute Gasteiger partial charge is 0.354 e. The Morgan fingerprint density at radius 3 is 2.16 bits per heavy atom. The highest BCUT2D eigenvalue weighted by molar-refractivity contribution is 5.86. The highest BCUT2D eigenvalue weighted by Gasteiger charge is 2.22. The van der Waals surface area contributed by atoms with E-state index in [0.29, 0.717) is 5.92 Å². The summed E-state index contributed by atoms with van der Waals surface area (Å²) in [5.74, 6) is -0.811.